The van der Waals surface area contributed by atoms with E-state index in [1.54, 1.807) is 18.2 Å². The van der Waals surface area contributed by atoms with Gasteiger partial charge in [-0.05, 0) is 12.1 Å². The van der Waals surface area contributed by atoms with Crippen molar-refractivity contribution in [1.29, 1.82) is 0 Å². The molecule has 1 aliphatic heterocycles. The first-order valence-electron chi connectivity index (χ1n) is 5.95. The Bertz CT molecular complexity index is 472. The highest BCUT2D eigenvalue weighted by Gasteiger charge is 2.27. The van der Waals surface area contributed by atoms with E-state index in [2.05, 4.69) is 0 Å². The van der Waals surface area contributed by atoms with Crippen LogP contribution in [0.4, 0.5) is 5.69 Å². The lowest BCUT2D eigenvalue weighted by Gasteiger charge is -2.28. The van der Waals surface area contributed by atoms with Crippen LogP contribution in [0.15, 0.2) is 18.2 Å². The summed E-state index contributed by atoms with van der Waals surface area (Å²) in [6.45, 7) is 3.47. The number of anilines is 1. The molecule has 1 aromatic rings. The molecule has 104 valence electrons. The average Bonchev–Trinajstić information content (AvgIpc) is 2.43. The molecule has 1 heterocycles. The molecule has 0 unspecified atom stereocenters. The van der Waals surface area contributed by atoms with E-state index in [9.17, 15) is 9.59 Å². The number of hydrogen-bond donors (Lipinski definition) is 1. The molecular weight excluding hydrogens is 250 g/mol. The van der Waals surface area contributed by atoms with E-state index in [1.165, 1.54) is 12.0 Å². The first-order valence-corrected chi connectivity index (χ1v) is 5.95. The fraction of sp³-hybridized carbons (Fsp3) is 0.385. The number of benzene rings is 1. The summed E-state index contributed by atoms with van der Waals surface area (Å²) in [6.07, 6.45) is 0. The van der Waals surface area contributed by atoms with Crippen LogP contribution in [0.1, 0.15) is 13.8 Å². The minimum absolute atomic E-state index is 0.159. The molecular formula is C13H17NO5. The largest absolute Gasteiger partial charge is 0.497 e. The molecule has 0 fully saturated rings. The van der Waals surface area contributed by atoms with Gasteiger partial charge in [0.25, 0.3) is 5.91 Å². The number of hydrogen-bond acceptors (Lipinski definition) is 4. The summed E-state index contributed by atoms with van der Waals surface area (Å²) < 4.78 is 10.2. The second-order valence-electron chi connectivity index (χ2n) is 3.50. The fourth-order valence-electron chi connectivity index (χ4n) is 1.62. The fourth-order valence-corrected chi connectivity index (χ4v) is 1.62. The molecule has 0 bridgehead atoms. The molecule has 0 saturated carbocycles. The van der Waals surface area contributed by atoms with Crippen LogP contribution in [0.2, 0.25) is 0 Å². The van der Waals surface area contributed by atoms with Gasteiger partial charge < -0.3 is 14.6 Å². The Morgan fingerprint density at radius 2 is 2.16 bits per heavy atom. The van der Waals surface area contributed by atoms with Crippen LogP contribution >= 0.6 is 0 Å². The predicted molar refractivity (Wildman–Crippen MR) is 69.8 cm³/mol. The van der Waals surface area contributed by atoms with E-state index < -0.39 is 5.97 Å². The Hall–Kier alpha value is -2.24. The monoisotopic (exact) mass is 267 g/mol. The lowest BCUT2D eigenvalue weighted by Crippen LogP contribution is -2.41. The summed E-state index contributed by atoms with van der Waals surface area (Å²) in [6, 6.07) is 4.88. The summed E-state index contributed by atoms with van der Waals surface area (Å²) in [4.78, 5) is 23.4. The van der Waals surface area contributed by atoms with Crippen molar-refractivity contribution in [3.8, 4) is 11.5 Å². The molecule has 0 spiro atoms. The molecule has 0 radical (unpaired) electrons. The molecule has 0 aliphatic carbocycles. The van der Waals surface area contributed by atoms with E-state index in [-0.39, 0.29) is 19.1 Å². The van der Waals surface area contributed by atoms with Crippen LogP contribution in [0, 0.1) is 0 Å². The van der Waals surface area contributed by atoms with Crippen molar-refractivity contribution in [3.63, 3.8) is 0 Å². The number of rotatable bonds is 3. The minimum atomic E-state index is -1.07. The first kappa shape index (κ1) is 14.8. The van der Waals surface area contributed by atoms with Gasteiger partial charge in [0.15, 0.2) is 6.61 Å². The normalized spacial score (nSPS) is 12.8. The Labute approximate surface area is 111 Å². The first-order chi connectivity index (χ1) is 9.11. The molecule has 1 N–H and O–H groups in total. The van der Waals surface area contributed by atoms with Crippen LogP contribution in [-0.2, 0) is 9.59 Å². The van der Waals surface area contributed by atoms with Crippen LogP contribution in [0.3, 0.4) is 0 Å². The number of carbonyl (C=O) groups excluding carboxylic acids is 1. The standard InChI is InChI=1S/C11H11NO5.C2H6/c1-16-7-2-3-8-9(4-7)17-6-10(13)12(8)5-11(14)15;1-2/h2-4H,5-6H2,1H3,(H,14,15);1-2H3. The second kappa shape index (κ2) is 6.63. The molecule has 0 atom stereocenters. The highest BCUT2D eigenvalue weighted by Crippen LogP contribution is 2.34. The zero-order valence-electron chi connectivity index (χ0n) is 11.2. The summed E-state index contributed by atoms with van der Waals surface area (Å²) in [5.74, 6) is -0.398. The zero-order chi connectivity index (χ0) is 14.4. The van der Waals surface area contributed by atoms with Crippen molar-refractivity contribution in [1.82, 2.24) is 0 Å². The van der Waals surface area contributed by atoms with Gasteiger partial charge in [0.1, 0.15) is 18.0 Å². The third-order valence-corrected chi connectivity index (χ3v) is 2.40. The number of carbonyl (C=O) groups is 2. The number of nitrogens with zero attached hydrogens (tertiary/aromatic N) is 1. The van der Waals surface area contributed by atoms with E-state index in [4.69, 9.17) is 14.6 Å². The van der Waals surface area contributed by atoms with Crippen molar-refractivity contribution in [3.05, 3.63) is 18.2 Å². The number of aliphatic carboxylic acids is 1. The smallest absolute Gasteiger partial charge is 0.323 e. The molecule has 19 heavy (non-hydrogen) atoms. The molecule has 0 aromatic heterocycles. The quantitative estimate of drug-likeness (QED) is 0.898. The highest BCUT2D eigenvalue weighted by molar-refractivity contribution is 6.01. The van der Waals surface area contributed by atoms with E-state index in [1.807, 2.05) is 13.8 Å². The van der Waals surface area contributed by atoms with Gasteiger partial charge in [0, 0.05) is 6.07 Å². The average molecular weight is 267 g/mol. The predicted octanol–water partition coefficient (Wildman–Crippen LogP) is 1.53. The summed E-state index contributed by atoms with van der Waals surface area (Å²) in [7, 11) is 1.52. The molecule has 1 amide bonds. The number of fused-ring (bicyclic) bond motifs is 1. The molecule has 0 saturated heterocycles. The van der Waals surface area contributed by atoms with E-state index in [0.29, 0.717) is 17.2 Å². The van der Waals surface area contributed by atoms with Crippen molar-refractivity contribution in [2.24, 2.45) is 0 Å². The number of amides is 1. The maximum Gasteiger partial charge on any atom is 0.323 e. The van der Waals surface area contributed by atoms with Gasteiger partial charge >= 0.3 is 5.97 Å². The van der Waals surface area contributed by atoms with Crippen molar-refractivity contribution < 1.29 is 24.2 Å². The second-order valence-corrected chi connectivity index (χ2v) is 3.50. The molecule has 6 nitrogen and oxygen atoms in total. The van der Waals surface area contributed by atoms with Gasteiger partial charge in [-0.3, -0.25) is 14.5 Å². The maximum absolute atomic E-state index is 11.6. The van der Waals surface area contributed by atoms with Gasteiger partial charge in [-0.15, -0.1) is 0 Å². The van der Waals surface area contributed by atoms with Gasteiger partial charge in [0.05, 0.1) is 12.8 Å². The Kier molecular flexibility index (Phi) is 5.17. The SMILES string of the molecule is CC.COc1ccc2c(c1)OCC(=O)N2CC(=O)O. The van der Waals surface area contributed by atoms with E-state index >= 15 is 0 Å². The van der Waals surface area contributed by atoms with Crippen LogP contribution in [-0.4, -0.2) is 37.2 Å². The van der Waals surface area contributed by atoms with Crippen molar-refractivity contribution in [2.45, 2.75) is 13.8 Å². The molecule has 6 heteroatoms. The molecule has 1 aliphatic rings. The highest BCUT2D eigenvalue weighted by atomic mass is 16.5. The summed E-state index contributed by atoms with van der Waals surface area (Å²) >= 11 is 0. The number of methoxy groups -OCH3 is 1. The lowest BCUT2D eigenvalue weighted by atomic mass is 10.2. The van der Waals surface area contributed by atoms with Crippen molar-refractivity contribution in [2.75, 3.05) is 25.2 Å². The van der Waals surface area contributed by atoms with Crippen molar-refractivity contribution >= 4 is 17.6 Å². The minimum Gasteiger partial charge on any atom is -0.497 e. The maximum atomic E-state index is 11.6. The van der Waals surface area contributed by atoms with Gasteiger partial charge in [0.2, 0.25) is 0 Å². The third kappa shape index (κ3) is 3.37. The van der Waals surface area contributed by atoms with Gasteiger partial charge in [-0.1, -0.05) is 13.8 Å². The van der Waals surface area contributed by atoms with Gasteiger partial charge in [-0.2, -0.15) is 0 Å². The van der Waals surface area contributed by atoms with Gasteiger partial charge in [-0.25, -0.2) is 0 Å². The molecule has 2 rings (SSSR count). The van der Waals surface area contributed by atoms with Crippen LogP contribution in [0.25, 0.3) is 0 Å². The number of carboxylic acids is 1. The lowest BCUT2D eigenvalue weighted by molar-refractivity contribution is -0.137. The Morgan fingerprint density at radius 1 is 1.47 bits per heavy atom. The Morgan fingerprint density at radius 3 is 2.74 bits per heavy atom. The number of carboxylic acid groups (broad SMARTS) is 1. The Balaban J connectivity index is 0.000000861. The van der Waals surface area contributed by atoms with Crippen LogP contribution in [0.5, 0.6) is 11.5 Å². The zero-order valence-corrected chi connectivity index (χ0v) is 11.2. The van der Waals surface area contributed by atoms with E-state index in [0.717, 1.165) is 0 Å². The topological polar surface area (TPSA) is 76.1 Å². The van der Waals surface area contributed by atoms with Crippen LogP contribution < -0.4 is 14.4 Å². The third-order valence-electron chi connectivity index (χ3n) is 2.40. The number of ether oxygens (including phenoxy) is 2. The summed E-state index contributed by atoms with van der Waals surface area (Å²) in [5.41, 5.74) is 0.449. The summed E-state index contributed by atoms with van der Waals surface area (Å²) in [5, 5.41) is 8.75. The molecule has 1 aromatic carbocycles.